The Hall–Kier alpha value is -0.0800. The van der Waals surface area contributed by atoms with Crippen LogP contribution in [0.1, 0.15) is 71.6 Å². The number of rotatable bonds is 0. The van der Waals surface area contributed by atoms with Crippen molar-refractivity contribution in [3.8, 4) is 0 Å². The van der Waals surface area contributed by atoms with Gasteiger partial charge < -0.3 is 10.2 Å². The molecule has 4 aliphatic rings. The van der Waals surface area contributed by atoms with E-state index in [1.165, 1.54) is 38.5 Å². The van der Waals surface area contributed by atoms with Crippen molar-refractivity contribution in [2.45, 2.75) is 83.8 Å². The van der Waals surface area contributed by atoms with Crippen molar-refractivity contribution in [3.05, 3.63) is 0 Å². The largest absolute Gasteiger partial charge is 0.393 e. The quantitative estimate of drug-likeness (QED) is 0.714. The third-order valence-corrected chi connectivity index (χ3v) is 8.59. The lowest BCUT2D eigenvalue weighted by Crippen LogP contribution is -2.54. The number of aliphatic hydroxyl groups excluding tert-OH is 2. The van der Waals surface area contributed by atoms with Crippen molar-refractivity contribution in [2.24, 2.45) is 34.5 Å². The monoisotopic (exact) mass is 292 g/mol. The fourth-order valence-electron chi connectivity index (χ4n) is 7.21. The van der Waals surface area contributed by atoms with Gasteiger partial charge in [0.1, 0.15) is 0 Å². The number of fused-ring (bicyclic) bond motifs is 5. The first-order valence-corrected chi connectivity index (χ1v) is 9.31. The van der Waals surface area contributed by atoms with Crippen LogP contribution in [0.3, 0.4) is 0 Å². The molecule has 0 spiro atoms. The van der Waals surface area contributed by atoms with E-state index in [2.05, 4.69) is 13.8 Å². The minimum Gasteiger partial charge on any atom is -0.393 e. The normalized spacial score (nSPS) is 60.0. The number of hydrogen-bond acceptors (Lipinski definition) is 2. The highest BCUT2D eigenvalue weighted by molar-refractivity contribution is 5.09. The van der Waals surface area contributed by atoms with Crippen LogP contribution >= 0.6 is 0 Å². The highest BCUT2D eigenvalue weighted by Gasteiger charge is 2.59. The van der Waals surface area contributed by atoms with E-state index in [0.29, 0.717) is 5.41 Å². The topological polar surface area (TPSA) is 40.5 Å². The van der Waals surface area contributed by atoms with Gasteiger partial charge in [0.15, 0.2) is 0 Å². The maximum Gasteiger partial charge on any atom is 0.0596 e. The van der Waals surface area contributed by atoms with Crippen molar-refractivity contribution < 1.29 is 10.2 Å². The predicted octanol–water partition coefficient (Wildman–Crippen LogP) is 3.75. The lowest BCUT2D eigenvalue weighted by molar-refractivity contribution is -0.133. The second kappa shape index (κ2) is 4.71. The van der Waals surface area contributed by atoms with Crippen molar-refractivity contribution in [2.75, 3.05) is 0 Å². The maximum atomic E-state index is 10.5. The fourth-order valence-corrected chi connectivity index (χ4v) is 7.21. The van der Waals surface area contributed by atoms with Crippen LogP contribution in [-0.4, -0.2) is 22.4 Å². The van der Waals surface area contributed by atoms with Crippen LogP contribution < -0.4 is 0 Å². The molecule has 0 aromatic carbocycles. The van der Waals surface area contributed by atoms with Crippen LogP contribution in [0.2, 0.25) is 0 Å². The summed E-state index contributed by atoms with van der Waals surface area (Å²) in [7, 11) is 0. The van der Waals surface area contributed by atoms with Crippen LogP contribution in [0, 0.1) is 34.5 Å². The summed E-state index contributed by atoms with van der Waals surface area (Å²) in [4.78, 5) is 0. The molecule has 4 rings (SSSR count). The minimum absolute atomic E-state index is 0.0400. The van der Waals surface area contributed by atoms with Gasteiger partial charge in [-0.3, -0.25) is 0 Å². The van der Waals surface area contributed by atoms with Crippen LogP contribution in [0.4, 0.5) is 0 Å². The molecule has 0 amide bonds. The Balaban J connectivity index is 1.62. The molecule has 120 valence electrons. The summed E-state index contributed by atoms with van der Waals surface area (Å²) in [5, 5.41) is 20.5. The van der Waals surface area contributed by atoms with Crippen LogP contribution in [0.25, 0.3) is 0 Å². The van der Waals surface area contributed by atoms with E-state index < -0.39 is 0 Å². The van der Waals surface area contributed by atoms with E-state index in [-0.39, 0.29) is 17.6 Å². The highest BCUT2D eigenvalue weighted by Crippen LogP contribution is 2.66. The Morgan fingerprint density at radius 1 is 0.762 bits per heavy atom. The zero-order chi connectivity index (χ0) is 14.8. The van der Waals surface area contributed by atoms with Crippen LogP contribution in [-0.2, 0) is 0 Å². The zero-order valence-corrected chi connectivity index (χ0v) is 13.7. The smallest absolute Gasteiger partial charge is 0.0596 e. The van der Waals surface area contributed by atoms with Gasteiger partial charge in [-0.25, -0.2) is 0 Å². The molecule has 0 saturated heterocycles. The van der Waals surface area contributed by atoms with Gasteiger partial charge in [0.25, 0.3) is 0 Å². The van der Waals surface area contributed by atoms with Gasteiger partial charge in [0.2, 0.25) is 0 Å². The molecule has 2 heteroatoms. The Bertz CT molecular complexity index is 422. The summed E-state index contributed by atoms with van der Waals surface area (Å²) in [6, 6.07) is 0. The van der Waals surface area contributed by atoms with E-state index >= 15 is 0 Å². The molecule has 0 radical (unpaired) electrons. The van der Waals surface area contributed by atoms with Gasteiger partial charge >= 0.3 is 0 Å². The third-order valence-electron chi connectivity index (χ3n) is 8.59. The lowest BCUT2D eigenvalue weighted by Gasteiger charge is -2.60. The zero-order valence-electron chi connectivity index (χ0n) is 13.7. The van der Waals surface area contributed by atoms with Crippen LogP contribution in [0.15, 0.2) is 0 Å². The minimum atomic E-state index is -0.0536. The lowest BCUT2D eigenvalue weighted by atomic mass is 9.45. The molecule has 4 aliphatic carbocycles. The van der Waals surface area contributed by atoms with Crippen molar-refractivity contribution in [1.29, 1.82) is 0 Å². The van der Waals surface area contributed by atoms with Gasteiger partial charge in [-0.05, 0) is 92.3 Å². The third kappa shape index (κ3) is 1.91. The molecule has 2 nitrogen and oxygen atoms in total. The molecule has 5 unspecified atom stereocenters. The summed E-state index contributed by atoms with van der Waals surface area (Å²) in [5.74, 6) is 3.21. The number of aliphatic hydroxyl groups is 2. The van der Waals surface area contributed by atoms with Gasteiger partial charge in [-0.15, -0.1) is 0 Å². The van der Waals surface area contributed by atoms with Crippen LogP contribution in [0.5, 0.6) is 0 Å². The SMILES string of the molecule is CC12CC[C@@H](O)C[C@H]1CCC1C2CCC2(C)C1CC[C@@H]2O. The van der Waals surface area contributed by atoms with Crippen molar-refractivity contribution in [3.63, 3.8) is 0 Å². The summed E-state index contributed by atoms with van der Waals surface area (Å²) < 4.78 is 0. The highest BCUT2D eigenvalue weighted by atomic mass is 16.3. The second-order valence-corrected chi connectivity index (χ2v) is 9.22. The van der Waals surface area contributed by atoms with Crippen molar-refractivity contribution in [1.82, 2.24) is 0 Å². The molecule has 0 aliphatic heterocycles. The molecular weight excluding hydrogens is 260 g/mol. The maximum absolute atomic E-state index is 10.5. The molecule has 4 fully saturated rings. The van der Waals surface area contributed by atoms with Gasteiger partial charge in [-0.2, -0.15) is 0 Å². The molecular formula is C19H32O2. The predicted molar refractivity (Wildman–Crippen MR) is 83.7 cm³/mol. The van der Waals surface area contributed by atoms with E-state index in [1.54, 1.807) is 0 Å². The molecule has 8 atom stereocenters. The average molecular weight is 292 g/mol. The first kappa shape index (κ1) is 14.5. The van der Waals surface area contributed by atoms with E-state index in [1.807, 2.05) is 0 Å². The summed E-state index contributed by atoms with van der Waals surface area (Å²) in [5.41, 5.74) is 0.676. The van der Waals surface area contributed by atoms with Gasteiger partial charge in [-0.1, -0.05) is 13.8 Å². The average Bonchev–Trinajstić information content (AvgIpc) is 2.76. The molecule has 2 N–H and O–H groups in total. The first-order valence-electron chi connectivity index (χ1n) is 9.31. The molecule has 0 bridgehead atoms. The van der Waals surface area contributed by atoms with E-state index in [4.69, 9.17) is 0 Å². The van der Waals surface area contributed by atoms with Gasteiger partial charge in [0.05, 0.1) is 12.2 Å². The molecule has 0 aromatic heterocycles. The molecule has 21 heavy (non-hydrogen) atoms. The Kier molecular flexibility index (Phi) is 3.25. The summed E-state index contributed by atoms with van der Waals surface area (Å²) >= 11 is 0. The molecule has 4 saturated carbocycles. The van der Waals surface area contributed by atoms with Crippen molar-refractivity contribution >= 4 is 0 Å². The fraction of sp³-hybridized carbons (Fsp3) is 1.00. The molecule has 0 aromatic rings. The Labute approximate surface area is 129 Å². The molecule has 0 heterocycles. The summed E-state index contributed by atoms with van der Waals surface area (Å²) in [6.07, 6.45) is 10.7. The number of hydrogen-bond donors (Lipinski definition) is 2. The second-order valence-electron chi connectivity index (χ2n) is 9.22. The Morgan fingerprint density at radius 2 is 1.48 bits per heavy atom. The Morgan fingerprint density at radius 3 is 2.29 bits per heavy atom. The van der Waals surface area contributed by atoms with Gasteiger partial charge in [0, 0.05) is 0 Å². The van der Waals surface area contributed by atoms with E-state index in [9.17, 15) is 10.2 Å². The van der Waals surface area contributed by atoms with E-state index in [0.717, 1.165) is 42.9 Å². The standard InChI is InChI=1S/C19H32O2/c1-18-9-7-13(20)11-12(18)3-4-14-15-5-6-17(21)19(15,2)10-8-16(14)18/h12-17,20-21H,3-11H2,1-2H3/t12-,13-,14?,15?,16?,17+,18?,19?/m1/s1. The first-order chi connectivity index (χ1) is 9.95. The summed E-state index contributed by atoms with van der Waals surface area (Å²) in [6.45, 7) is 4.90.